The molecule has 3 rings (SSSR count). The topological polar surface area (TPSA) is 120 Å². The van der Waals surface area contributed by atoms with E-state index in [1.54, 1.807) is 36.4 Å². The van der Waals surface area contributed by atoms with Gasteiger partial charge in [0.05, 0.1) is 20.9 Å². The molecule has 1 aromatic heterocycles. The second-order valence-electron chi connectivity index (χ2n) is 5.89. The minimum Gasteiger partial charge on any atom is -0.424 e. The summed E-state index contributed by atoms with van der Waals surface area (Å²) in [4.78, 5) is 30.2. The van der Waals surface area contributed by atoms with Crippen LogP contribution in [0.1, 0.15) is 18.1 Å². The van der Waals surface area contributed by atoms with Gasteiger partial charge in [0, 0.05) is 12.5 Å². The Morgan fingerprint density at radius 2 is 1.93 bits per heavy atom. The van der Waals surface area contributed by atoms with Crippen LogP contribution in [0.25, 0.3) is 11.3 Å². The smallest absolute Gasteiger partial charge is 0.308 e. The van der Waals surface area contributed by atoms with Crippen LogP contribution < -0.4 is 15.7 Å². The van der Waals surface area contributed by atoms with Gasteiger partial charge in [-0.2, -0.15) is 10.4 Å². The minimum atomic E-state index is -0.569. The Balaban J connectivity index is 1.87. The van der Waals surface area contributed by atoms with Crippen molar-refractivity contribution in [3.63, 3.8) is 0 Å². The Hall–Kier alpha value is -3.29. The first-order valence-electron chi connectivity index (χ1n) is 8.45. The summed E-state index contributed by atoms with van der Waals surface area (Å²) in [5, 5.41) is 13.4. The van der Waals surface area contributed by atoms with E-state index in [2.05, 4.69) is 52.4 Å². The fraction of sp³-hybridized carbons (Fsp3) is 0.0500. The van der Waals surface area contributed by atoms with Gasteiger partial charge in [-0.05, 0) is 49.6 Å². The number of anilines is 1. The van der Waals surface area contributed by atoms with Gasteiger partial charge >= 0.3 is 5.97 Å². The first kappa shape index (κ1) is 21.4. The molecule has 2 N–H and O–H groups in total. The first-order chi connectivity index (χ1) is 14.4. The molecule has 0 bridgehead atoms. The van der Waals surface area contributed by atoms with E-state index < -0.39 is 11.5 Å². The van der Waals surface area contributed by atoms with Gasteiger partial charge in [-0.15, -0.1) is 0 Å². The van der Waals surface area contributed by atoms with Gasteiger partial charge in [0.25, 0.3) is 5.56 Å². The Labute approximate surface area is 187 Å². The molecule has 0 saturated heterocycles. The van der Waals surface area contributed by atoms with Crippen LogP contribution in [0.2, 0.25) is 0 Å². The predicted molar refractivity (Wildman–Crippen MR) is 119 cm³/mol. The molecule has 0 amide bonds. The van der Waals surface area contributed by atoms with Crippen molar-refractivity contribution in [2.24, 2.45) is 5.10 Å². The van der Waals surface area contributed by atoms with Crippen molar-refractivity contribution in [1.29, 1.82) is 5.26 Å². The number of H-pyrrole nitrogens is 1. The van der Waals surface area contributed by atoms with Crippen LogP contribution in [0.3, 0.4) is 0 Å². The monoisotopic (exact) mass is 529 g/mol. The number of esters is 1. The summed E-state index contributed by atoms with van der Waals surface area (Å²) in [6.07, 6.45) is 1.49. The fourth-order valence-corrected chi connectivity index (χ4v) is 3.88. The lowest BCUT2D eigenvalue weighted by atomic mass is 10.1. The fourth-order valence-electron chi connectivity index (χ4n) is 2.50. The molecule has 0 unspecified atom stereocenters. The van der Waals surface area contributed by atoms with Gasteiger partial charge in [0.2, 0.25) is 5.95 Å². The van der Waals surface area contributed by atoms with Gasteiger partial charge < -0.3 is 4.74 Å². The van der Waals surface area contributed by atoms with Crippen molar-refractivity contribution < 1.29 is 9.53 Å². The second-order valence-corrected chi connectivity index (χ2v) is 7.60. The molecular weight excluding hydrogens is 518 g/mol. The SMILES string of the molecule is CC(=O)Oc1c(Br)cc(C=NNc2nc(-c3ccccc3)c(C#N)c(=O)[nH]2)cc1Br. The van der Waals surface area contributed by atoms with Gasteiger partial charge in [-0.1, -0.05) is 30.3 Å². The Morgan fingerprint density at radius 1 is 1.27 bits per heavy atom. The van der Waals surface area contributed by atoms with Crippen molar-refractivity contribution in [2.45, 2.75) is 6.92 Å². The van der Waals surface area contributed by atoms with Crippen LogP contribution in [0, 0.1) is 11.3 Å². The number of halogens is 2. The molecule has 8 nitrogen and oxygen atoms in total. The number of nitriles is 1. The van der Waals surface area contributed by atoms with E-state index in [9.17, 15) is 14.9 Å². The molecule has 0 saturated carbocycles. The van der Waals surface area contributed by atoms with Crippen LogP contribution in [0.15, 0.2) is 61.3 Å². The van der Waals surface area contributed by atoms with Crippen LogP contribution in [-0.4, -0.2) is 22.2 Å². The number of aromatic nitrogens is 2. The third-order valence-corrected chi connectivity index (χ3v) is 4.91. The number of ether oxygens (including phenoxy) is 1. The number of hydrazone groups is 1. The van der Waals surface area contributed by atoms with E-state index in [0.29, 0.717) is 25.8 Å². The zero-order valence-electron chi connectivity index (χ0n) is 15.4. The van der Waals surface area contributed by atoms with E-state index in [1.807, 2.05) is 12.1 Å². The quantitative estimate of drug-likeness (QED) is 0.221. The number of carbonyl (C=O) groups excluding carboxylic acids is 1. The van der Waals surface area contributed by atoms with Gasteiger partial charge in [-0.25, -0.2) is 10.4 Å². The molecule has 0 aliphatic heterocycles. The van der Waals surface area contributed by atoms with Crippen molar-refractivity contribution in [3.05, 3.63) is 72.9 Å². The zero-order valence-corrected chi connectivity index (χ0v) is 18.6. The number of carbonyl (C=O) groups is 1. The van der Waals surface area contributed by atoms with Crippen molar-refractivity contribution in [1.82, 2.24) is 9.97 Å². The third kappa shape index (κ3) is 5.00. The minimum absolute atomic E-state index is 0.0790. The van der Waals surface area contributed by atoms with E-state index in [1.165, 1.54) is 13.1 Å². The molecular formula is C20H13Br2N5O3. The maximum atomic E-state index is 12.2. The van der Waals surface area contributed by atoms with Crippen LogP contribution in [0.5, 0.6) is 5.75 Å². The summed E-state index contributed by atoms with van der Waals surface area (Å²) >= 11 is 6.69. The Morgan fingerprint density at radius 3 is 2.53 bits per heavy atom. The molecule has 1 heterocycles. The van der Waals surface area contributed by atoms with Crippen LogP contribution in [-0.2, 0) is 4.79 Å². The second kappa shape index (κ2) is 9.47. The summed E-state index contributed by atoms with van der Waals surface area (Å²) in [5.74, 6) is 0.00603. The lowest BCUT2D eigenvalue weighted by Crippen LogP contribution is -2.16. The number of hydrogen-bond donors (Lipinski definition) is 2. The average Bonchev–Trinajstić information content (AvgIpc) is 2.71. The maximum absolute atomic E-state index is 12.2. The van der Waals surface area contributed by atoms with Crippen molar-refractivity contribution in [3.8, 4) is 23.1 Å². The first-order valence-corrected chi connectivity index (χ1v) is 10.0. The molecule has 150 valence electrons. The molecule has 10 heteroatoms. The third-order valence-electron chi connectivity index (χ3n) is 3.73. The highest BCUT2D eigenvalue weighted by Crippen LogP contribution is 2.34. The van der Waals surface area contributed by atoms with Gasteiger partial charge in [0.1, 0.15) is 11.6 Å². The number of hydrogen-bond acceptors (Lipinski definition) is 7. The van der Waals surface area contributed by atoms with Crippen molar-refractivity contribution >= 4 is 50.0 Å². The summed E-state index contributed by atoms with van der Waals surface area (Å²) in [5.41, 5.74) is 3.59. The molecule has 3 aromatic rings. The molecule has 0 aliphatic carbocycles. The number of nitrogens with zero attached hydrogens (tertiary/aromatic N) is 3. The number of rotatable bonds is 5. The molecule has 2 aromatic carbocycles. The summed E-state index contributed by atoms with van der Waals surface area (Å²) in [6.45, 7) is 1.31. The summed E-state index contributed by atoms with van der Waals surface area (Å²) < 4.78 is 6.25. The highest BCUT2D eigenvalue weighted by molar-refractivity contribution is 9.11. The molecule has 0 fully saturated rings. The van der Waals surface area contributed by atoms with Crippen molar-refractivity contribution in [2.75, 3.05) is 5.43 Å². The van der Waals surface area contributed by atoms with E-state index in [-0.39, 0.29) is 17.2 Å². The van der Waals surface area contributed by atoms with E-state index in [0.717, 1.165) is 0 Å². The summed E-state index contributed by atoms with van der Waals surface area (Å²) in [6, 6.07) is 14.2. The molecule has 0 spiro atoms. The molecule has 30 heavy (non-hydrogen) atoms. The van der Waals surface area contributed by atoms with E-state index >= 15 is 0 Å². The average molecular weight is 531 g/mol. The zero-order chi connectivity index (χ0) is 21.7. The number of aromatic amines is 1. The standard InChI is InChI=1S/C20H13Br2N5O3/c1-11(28)30-18-15(21)7-12(8-16(18)22)10-24-27-20-25-17(13-5-3-2-4-6-13)14(9-23)19(29)26-20/h2-8,10H,1H3,(H2,25,26,27,29). The van der Waals surface area contributed by atoms with Gasteiger partial charge in [0.15, 0.2) is 5.75 Å². The largest absolute Gasteiger partial charge is 0.424 e. The lowest BCUT2D eigenvalue weighted by molar-refractivity contribution is -0.131. The molecule has 0 aliphatic rings. The number of nitrogens with one attached hydrogen (secondary N) is 2. The normalized spacial score (nSPS) is 10.6. The Bertz CT molecular complexity index is 1210. The predicted octanol–water partition coefficient (Wildman–Crippen LogP) is 4.20. The lowest BCUT2D eigenvalue weighted by Gasteiger charge is -2.08. The van der Waals surface area contributed by atoms with Crippen LogP contribution >= 0.6 is 31.9 Å². The summed E-state index contributed by atoms with van der Waals surface area (Å²) in [7, 11) is 0. The molecule has 0 atom stereocenters. The number of benzene rings is 2. The highest BCUT2D eigenvalue weighted by atomic mass is 79.9. The molecule has 0 radical (unpaired) electrons. The van der Waals surface area contributed by atoms with Crippen LogP contribution in [0.4, 0.5) is 5.95 Å². The van der Waals surface area contributed by atoms with Gasteiger partial charge in [-0.3, -0.25) is 14.6 Å². The highest BCUT2D eigenvalue weighted by Gasteiger charge is 2.13. The maximum Gasteiger partial charge on any atom is 0.308 e. The Kier molecular flexibility index (Phi) is 6.76. The van der Waals surface area contributed by atoms with E-state index in [4.69, 9.17) is 4.74 Å².